The van der Waals surface area contributed by atoms with Crippen molar-refractivity contribution in [3.63, 3.8) is 0 Å². The van der Waals surface area contributed by atoms with E-state index in [0.29, 0.717) is 30.9 Å². The number of hydrogen-bond acceptors (Lipinski definition) is 3. The minimum Gasteiger partial charge on any atom is -0.479 e. The Balaban J connectivity index is 2.04. The van der Waals surface area contributed by atoms with Gasteiger partial charge in [0, 0.05) is 20.1 Å². The van der Waals surface area contributed by atoms with E-state index < -0.39 is 6.04 Å². The molecule has 1 atom stereocenters. The van der Waals surface area contributed by atoms with Gasteiger partial charge in [0.05, 0.1) is 5.69 Å². The van der Waals surface area contributed by atoms with E-state index in [4.69, 9.17) is 11.2 Å². The number of nitrogens with one attached hydrogen (secondary N) is 1. The first kappa shape index (κ1) is 17.4. The molecular formula is C18H21N3O3. The zero-order valence-electron chi connectivity index (χ0n) is 13.7. The van der Waals surface area contributed by atoms with Crippen LogP contribution < -0.4 is 10.1 Å². The standard InChI is InChI=1S/C18H21N3O3/c1-4-11-21-12-10-15(17(21)22)20(3)18(23)19-14-8-6-7-9-16(14)24-13-5-2/h2,4,6-9,15H,1,10-13H2,3H3,(H,19,23). The first-order valence-electron chi connectivity index (χ1n) is 7.67. The van der Waals surface area contributed by atoms with Crippen molar-refractivity contribution < 1.29 is 14.3 Å². The number of anilines is 1. The van der Waals surface area contributed by atoms with Gasteiger partial charge in [-0.1, -0.05) is 24.1 Å². The van der Waals surface area contributed by atoms with Crippen LogP contribution in [0.2, 0.25) is 0 Å². The average Bonchev–Trinajstić information content (AvgIpc) is 2.94. The molecule has 1 unspecified atom stereocenters. The highest BCUT2D eigenvalue weighted by Gasteiger charge is 2.35. The van der Waals surface area contributed by atoms with Crippen molar-refractivity contribution in [3.05, 3.63) is 36.9 Å². The summed E-state index contributed by atoms with van der Waals surface area (Å²) in [7, 11) is 1.61. The number of rotatable bonds is 6. The third-order valence-electron chi connectivity index (χ3n) is 3.85. The van der Waals surface area contributed by atoms with Crippen LogP contribution in [0.15, 0.2) is 36.9 Å². The maximum atomic E-state index is 12.5. The molecule has 0 bridgehead atoms. The van der Waals surface area contributed by atoms with Crippen molar-refractivity contribution in [1.29, 1.82) is 0 Å². The summed E-state index contributed by atoms with van der Waals surface area (Å²) in [6.45, 7) is 4.86. The number of likely N-dealkylation sites (N-methyl/N-ethyl adjacent to an activating group) is 1. The van der Waals surface area contributed by atoms with Crippen LogP contribution in [0.25, 0.3) is 0 Å². The summed E-state index contributed by atoms with van der Waals surface area (Å²) in [6.07, 6.45) is 7.47. The number of hydrogen-bond donors (Lipinski definition) is 1. The molecule has 0 spiro atoms. The summed E-state index contributed by atoms with van der Waals surface area (Å²) in [4.78, 5) is 27.9. The first-order valence-corrected chi connectivity index (χ1v) is 7.67. The third-order valence-corrected chi connectivity index (χ3v) is 3.85. The fraction of sp³-hybridized carbons (Fsp3) is 0.333. The molecule has 1 aliphatic rings. The van der Waals surface area contributed by atoms with Gasteiger partial charge in [-0.2, -0.15) is 0 Å². The highest BCUT2D eigenvalue weighted by atomic mass is 16.5. The molecule has 2 rings (SSSR count). The fourth-order valence-corrected chi connectivity index (χ4v) is 2.58. The maximum Gasteiger partial charge on any atom is 0.322 e. The van der Waals surface area contributed by atoms with Gasteiger partial charge in [0.2, 0.25) is 5.91 Å². The van der Waals surface area contributed by atoms with Crippen molar-refractivity contribution >= 4 is 17.6 Å². The Kier molecular flexibility index (Phi) is 5.85. The number of terminal acetylenes is 1. The number of ether oxygens (including phenoxy) is 1. The Morgan fingerprint density at radius 3 is 3.04 bits per heavy atom. The van der Waals surface area contributed by atoms with Crippen molar-refractivity contribution in [2.45, 2.75) is 12.5 Å². The highest BCUT2D eigenvalue weighted by Crippen LogP contribution is 2.25. The number of amides is 3. The molecule has 0 saturated carbocycles. The van der Waals surface area contributed by atoms with E-state index >= 15 is 0 Å². The lowest BCUT2D eigenvalue weighted by Gasteiger charge is -2.24. The molecule has 0 aliphatic carbocycles. The molecule has 0 aromatic heterocycles. The second kappa shape index (κ2) is 8.06. The van der Waals surface area contributed by atoms with Gasteiger partial charge in [0.15, 0.2) is 0 Å². The smallest absolute Gasteiger partial charge is 0.322 e. The van der Waals surface area contributed by atoms with Gasteiger partial charge in [0.25, 0.3) is 0 Å². The summed E-state index contributed by atoms with van der Waals surface area (Å²) >= 11 is 0. The Morgan fingerprint density at radius 1 is 1.58 bits per heavy atom. The number of carbonyl (C=O) groups excluding carboxylic acids is 2. The van der Waals surface area contributed by atoms with E-state index in [1.54, 1.807) is 42.3 Å². The number of carbonyl (C=O) groups is 2. The van der Waals surface area contributed by atoms with Gasteiger partial charge in [0.1, 0.15) is 18.4 Å². The Labute approximate surface area is 142 Å². The van der Waals surface area contributed by atoms with Crippen LogP contribution in [-0.4, -0.2) is 54.5 Å². The van der Waals surface area contributed by atoms with E-state index in [2.05, 4.69) is 17.8 Å². The SMILES string of the molecule is C#CCOc1ccccc1NC(=O)N(C)C1CCN(CC=C)C1=O. The average molecular weight is 327 g/mol. The van der Waals surface area contributed by atoms with E-state index in [9.17, 15) is 9.59 Å². The van der Waals surface area contributed by atoms with Gasteiger partial charge < -0.3 is 19.9 Å². The Bertz CT molecular complexity index is 666. The number of urea groups is 1. The monoisotopic (exact) mass is 327 g/mol. The van der Waals surface area contributed by atoms with Crippen LogP contribution in [0.5, 0.6) is 5.75 Å². The minimum atomic E-state index is -0.469. The van der Waals surface area contributed by atoms with Crippen LogP contribution in [-0.2, 0) is 4.79 Å². The molecule has 0 radical (unpaired) electrons. The normalized spacial score (nSPS) is 16.4. The van der Waals surface area contributed by atoms with E-state index in [0.717, 1.165) is 0 Å². The fourth-order valence-electron chi connectivity index (χ4n) is 2.58. The zero-order valence-corrected chi connectivity index (χ0v) is 13.7. The Morgan fingerprint density at radius 2 is 2.33 bits per heavy atom. The van der Waals surface area contributed by atoms with Gasteiger partial charge in [-0.25, -0.2) is 4.79 Å². The molecule has 1 saturated heterocycles. The van der Waals surface area contributed by atoms with Crippen molar-refractivity contribution in [2.24, 2.45) is 0 Å². The van der Waals surface area contributed by atoms with Crippen LogP contribution in [0, 0.1) is 12.3 Å². The molecule has 1 aromatic rings. The summed E-state index contributed by atoms with van der Waals surface area (Å²) in [5.41, 5.74) is 0.512. The molecule has 6 heteroatoms. The molecule has 1 heterocycles. The lowest BCUT2D eigenvalue weighted by molar-refractivity contribution is -0.130. The molecule has 6 nitrogen and oxygen atoms in total. The Hall–Kier alpha value is -2.94. The molecule has 126 valence electrons. The number of benzene rings is 1. The van der Waals surface area contributed by atoms with Crippen LogP contribution in [0.4, 0.5) is 10.5 Å². The van der Waals surface area contributed by atoms with Crippen LogP contribution >= 0.6 is 0 Å². The van der Waals surface area contributed by atoms with Crippen molar-refractivity contribution in [2.75, 3.05) is 32.1 Å². The van der Waals surface area contributed by atoms with E-state index in [-0.39, 0.29) is 18.5 Å². The van der Waals surface area contributed by atoms with Crippen LogP contribution in [0.1, 0.15) is 6.42 Å². The van der Waals surface area contributed by atoms with E-state index in [1.807, 2.05) is 0 Å². The summed E-state index contributed by atoms with van der Waals surface area (Å²) in [5.74, 6) is 2.81. The van der Waals surface area contributed by atoms with Crippen molar-refractivity contribution in [3.8, 4) is 18.1 Å². The molecule has 24 heavy (non-hydrogen) atoms. The molecule has 1 aliphatic heterocycles. The second-order valence-corrected chi connectivity index (χ2v) is 5.41. The van der Waals surface area contributed by atoms with Crippen LogP contribution in [0.3, 0.4) is 0 Å². The number of likely N-dealkylation sites (tertiary alicyclic amines) is 1. The lowest BCUT2D eigenvalue weighted by atomic mass is 10.2. The van der Waals surface area contributed by atoms with Gasteiger partial charge >= 0.3 is 6.03 Å². The van der Waals surface area contributed by atoms with Gasteiger partial charge in [-0.3, -0.25) is 4.79 Å². The molecule has 1 fully saturated rings. The van der Waals surface area contributed by atoms with Gasteiger partial charge in [-0.05, 0) is 18.6 Å². The van der Waals surface area contributed by atoms with Crippen molar-refractivity contribution in [1.82, 2.24) is 9.80 Å². The van der Waals surface area contributed by atoms with E-state index in [1.165, 1.54) is 4.90 Å². The summed E-state index contributed by atoms with van der Waals surface area (Å²) in [5, 5.41) is 2.77. The lowest BCUT2D eigenvalue weighted by Crippen LogP contribution is -2.44. The molecule has 1 N–H and O–H groups in total. The summed E-state index contributed by atoms with van der Waals surface area (Å²) < 4.78 is 5.41. The second-order valence-electron chi connectivity index (χ2n) is 5.41. The largest absolute Gasteiger partial charge is 0.479 e. The minimum absolute atomic E-state index is 0.0654. The maximum absolute atomic E-state index is 12.5. The predicted molar refractivity (Wildman–Crippen MR) is 92.7 cm³/mol. The predicted octanol–water partition coefficient (Wildman–Crippen LogP) is 1.95. The first-order chi connectivity index (χ1) is 11.6. The number of para-hydroxylation sites is 2. The quantitative estimate of drug-likeness (QED) is 0.642. The zero-order chi connectivity index (χ0) is 17.5. The topological polar surface area (TPSA) is 61.9 Å². The third kappa shape index (κ3) is 3.87. The number of nitrogens with zero attached hydrogens (tertiary/aromatic N) is 2. The molecule has 1 aromatic carbocycles. The summed E-state index contributed by atoms with van der Waals surface area (Å²) in [6, 6.07) is 6.18. The highest BCUT2D eigenvalue weighted by molar-refractivity contribution is 5.95. The molecule has 3 amide bonds. The molecular weight excluding hydrogens is 306 g/mol. The van der Waals surface area contributed by atoms with Gasteiger partial charge in [-0.15, -0.1) is 13.0 Å².